The van der Waals surface area contributed by atoms with Crippen molar-refractivity contribution < 1.29 is 19.3 Å². The lowest BCUT2D eigenvalue weighted by Gasteiger charge is -2.32. The van der Waals surface area contributed by atoms with Gasteiger partial charge in [0.2, 0.25) is 0 Å². The van der Waals surface area contributed by atoms with Crippen molar-refractivity contribution in [1.29, 1.82) is 0 Å². The number of fused-ring (bicyclic) bond motifs is 1. The zero-order valence-corrected chi connectivity index (χ0v) is 13.5. The minimum Gasteiger partial charge on any atom is -0.394 e. The van der Waals surface area contributed by atoms with Crippen molar-refractivity contribution in [3.8, 4) is 0 Å². The molecule has 2 rings (SSSR count). The zero-order chi connectivity index (χ0) is 16.5. The Morgan fingerprint density at radius 3 is 2.73 bits per heavy atom. The van der Waals surface area contributed by atoms with Crippen LogP contribution in [0.2, 0.25) is 0 Å². The topological polar surface area (TPSA) is 101 Å². The molecule has 122 valence electrons. The predicted molar refractivity (Wildman–Crippen MR) is 83.4 cm³/mol. The van der Waals surface area contributed by atoms with Gasteiger partial charge in [0.25, 0.3) is 0 Å². The second-order valence-corrected chi connectivity index (χ2v) is 6.48. The van der Waals surface area contributed by atoms with Gasteiger partial charge in [-0.25, -0.2) is 14.4 Å². The van der Waals surface area contributed by atoms with Crippen molar-refractivity contribution in [3.05, 3.63) is 16.6 Å². The van der Waals surface area contributed by atoms with E-state index in [0.717, 1.165) is 10.3 Å². The molecule has 0 aliphatic rings. The lowest BCUT2D eigenvalue weighted by atomic mass is 10.0. The van der Waals surface area contributed by atoms with E-state index < -0.39 is 30.6 Å². The molecule has 0 unspecified atom stereocenters. The van der Waals surface area contributed by atoms with Crippen LogP contribution in [0.4, 0.5) is 10.2 Å². The summed E-state index contributed by atoms with van der Waals surface area (Å²) in [6, 6.07) is 0. The number of aliphatic hydroxyl groups excluding tert-OH is 2. The Labute approximate surface area is 131 Å². The highest BCUT2D eigenvalue weighted by atomic mass is 32.1. The van der Waals surface area contributed by atoms with Crippen LogP contribution in [0, 0.1) is 0 Å². The van der Waals surface area contributed by atoms with E-state index in [-0.39, 0.29) is 0 Å². The van der Waals surface area contributed by atoms with Crippen LogP contribution in [0.3, 0.4) is 0 Å². The predicted octanol–water partition coefficient (Wildman–Crippen LogP) is 1.60. The second-order valence-electron chi connectivity index (χ2n) is 5.60. The molecule has 2 aromatic rings. The fraction of sp³-hybridized carbons (Fsp3) is 0.571. The van der Waals surface area contributed by atoms with Crippen LogP contribution in [0.1, 0.15) is 25.6 Å². The highest BCUT2D eigenvalue weighted by Gasteiger charge is 2.34. The Kier molecular flexibility index (Phi) is 4.96. The summed E-state index contributed by atoms with van der Waals surface area (Å²) in [6.07, 6.45) is -2.58. The molecule has 0 aliphatic heterocycles. The summed E-state index contributed by atoms with van der Waals surface area (Å²) in [5, 5.41) is 21.7. The highest BCUT2D eigenvalue weighted by molar-refractivity contribution is 7.11. The van der Waals surface area contributed by atoms with Crippen LogP contribution in [-0.2, 0) is 10.3 Å². The minimum absolute atomic E-state index is 0.374. The highest BCUT2D eigenvalue weighted by Crippen LogP contribution is 2.38. The molecule has 3 atom stereocenters. The molecule has 0 amide bonds. The Morgan fingerprint density at radius 1 is 1.45 bits per heavy atom. The normalized spacial score (nSPS) is 16.6. The summed E-state index contributed by atoms with van der Waals surface area (Å²) in [7, 11) is 0. The van der Waals surface area contributed by atoms with Gasteiger partial charge in [-0.05, 0) is 20.8 Å². The van der Waals surface area contributed by atoms with Crippen LogP contribution < -0.4 is 5.73 Å². The lowest BCUT2D eigenvalue weighted by Crippen LogP contribution is -2.42. The molecule has 0 bridgehead atoms. The minimum atomic E-state index is -1.51. The summed E-state index contributed by atoms with van der Waals surface area (Å²) in [5.41, 5.74) is 5.59. The quantitative estimate of drug-likeness (QED) is 0.744. The number of nitrogens with two attached hydrogens (primary N) is 1. The van der Waals surface area contributed by atoms with Crippen LogP contribution >= 0.6 is 11.3 Å². The van der Waals surface area contributed by atoms with Crippen molar-refractivity contribution in [2.75, 3.05) is 12.3 Å². The van der Waals surface area contributed by atoms with Gasteiger partial charge in [-0.1, -0.05) is 0 Å². The maximum atomic E-state index is 13.3. The number of ether oxygens (including phenoxy) is 1. The molecule has 0 saturated carbocycles. The van der Waals surface area contributed by atoms with Crippen molar-refractivity contribution in [2.24, 2.45) is 0 Å². The van der Waals surface area contributed by atoms with E-state index in [9.17, 15) is 14.6 Å². The van der Waals surface area contributed by atoms with E-state index in [1.54, 1.807) is 13.8 Å². The number of aromatic nitrogens is 2. The third kappa shape index (κ3) is 3.19. The summed E-state index contributed by atoms with van der Waals surface area (Å²) in [4.78, 5) is 8.93. The van der Waals surface area contributed by atoms with Gasteiger partial charge in [0, 0.05) is 5.38 Å². The Bertz CT molecular complexity index is 647. The second kappa shape index (κ2) is 6.41. The molecule has 6 nitrogen and oxygen atoms in total. The van der Waals surface area contributed by atoms with Gasteiger partial charge in [0.05, 0.1) is 28.0 Å². The number of alkyl halides is 1. The molecule has 22 heavy (non-hydrogen) atoms. The molecular formula is C14H20FN3O3S. The average Bonchev–Trinajstić information content (AvgIpc) is 2.90. The number of aliphatic hydroxyl groups is 2. The molecule has 4 N–H and O–H groups in total. The maximum absolute atomic E-state index is 13.3. The molecule has 2 heterocycles. The third-order valence-electron chi connectivity index (χ3n) is 3.45. The molecule has 0 saturated heterocycles. The Balaban J connectivity index is 2.34. The number of halogens is 1. The number of hydrogen-bond donors (Lipinski definition) is 3. The first-order chi connectivity index (χ1) is 10.3. The average molecular weight is 329 g/mol. The molecule has 0 aromatic carbocycles. The molecule has 0 aliphatic carbocycles. The monoisotopic (exact) mass is 329 g/mol. The summed E-state index contributed by atoms with van der Waals surface area (Å²) < 4.78 is 19.1. The Morgan fingerprint density at radius 2 is 2.14 bits per heavy atom. The number of nitrogen functional groups attached to an aromatic ring is 1. The van der Waals surface area contributed by atoms with Crippen LogP contribution in [0.5, 0.6) is 0 Å². The van der Waals surface area contributed by atoms with Crippen LogP contribution in [0.25, 0.3) is 10.9 Å². The van der Waals surface area contributed by atoms with Gasteiger partial charge < -0.3 is 20.7 Å². The number of anilines is 1. The van der Waals surface area contributed by atoms with E-state index in [2.05, 4.69) is 9.97 Å². The largest absolute Gasteiger partial charge is 0.394 e. The molecule has 0 fully saturated rings. The third-order valence-corrected chi connectivity index (χ3v) is 4.72. The Hall–Kier alpha value is -1.35. The molecule has 2 aromatic heterocycles. The summed E-state index contributed by atoms with van der Waals surface area (Å²) in [5.74, 6) is 0.374. The van der Waals surface area contributed by atoms with Gasteiger partial charge in [-0.2, -0.15) is 0 Å². The SMILES string of the molecule is C[C@@H](F)[C@H](O)[C@@H](CO)OC(C)(C)c1scc2c(N)ncnc12. The van der Waals surface area contributed by atoms with Gasteiger partial charge in [-0.3, -0.25) is 0 Å². The molecular weight excluding hydrogens is 309 g/mol. The first-order valence-corrected chi connectivity index (χ1v) is 7.75. The van der Waals surface area contributed by atoms with E-state index in [1.807, 2.05) is 5.38 Å². The molecule has 0 spiro atoms. The van der Waals surface area contributed by atoms with E-state index >= 15 is 0 Å². The van der Waals surface area contributed by atoms with Crippen LogP contribution in [-0.4, -0.2) is 45.2 Å². The smallest absolute Gasteiger partial charge is 0.135 e. The van der Waals surface area contributed by atoms with Gasteiger partial charge >= 0.3 is 0 Å². The van der Waals surface area contributed by atoms with E-state index in [1.165, 1.54) is 24.6 Å². The lowest BCUT2D eigenvalue weighted by molar-refractivity contribution is -0.150. The number of rotatable bonds is 6. The number of nitrogens with zero attached hydrogens (tertiary/aromatic N) is 2. The first kappa shape index (κ1) is 17.0. The number of thiophene rings is 1. The standard InChI is InChI=1S/C14H20FN3O3S/c1-7(15)11(20)9(4-19)21-14(2,3)12-10-8(5-22-12)13(16)18-6-17-10/h5-7,9,11,19-20H,4H2,1-3H3,(H2,16,17,18)/t7-,9-,11+/m1/s1. The first-order valence-electron chi connectivity index (χ1n) is 6.87. The van der Waals surface area contributed by atoms with Crippen molar-refractivity contribution in [1.82, 2.24) is 9.97 Å². The fourth-order valence-corrected chi connectivity index (χ4v) is 3.32. The molecule has 0 radical (unpaired) electrons. The van der Waals surface area contributed by atoms with E-state index in [4.69, 9.17) is 10.5 Å². The van der Waals surface area contributed by atoms with E-state index in [0.29, 0.717) is 11.3 Å². The summed E-state index contributed by atoms with van der Waals surface area (Å²) >= 11 is 1.39. The van der Waals surface area contributed by atoms with Gasteiger partial charge in [0.1, 0.15) is 30.5 Å². The van der Waals surface area contributed by atoms with Crippen molar-refractivity contribution >= 4 is 28.1 Å². The van der Waals surface area contributed by atoms with Gasteiger partial charge in [-0.15, -0.1) is 11.3 Å². The van der Waals surface area contributed by atoms with Crippen molar-refractivity contribution in [2.45, 2.75) is 44.8 Å². The van der Waals surface area contributed by atoms with Crippen molar-refractivity contribution in [3.63, 3.8) is 0 Å². The molecule has 8 heteroatoms. The number of hydrogen-bond acceptors (Lipinski definition) is 7. The fourth-order valence-electron chi connectivity index (χ4n) is 2.25. The van der Waals surface area contributed by atoms with Gasteiger partial charge in [0.15, 0.2) is 0 Å². The summed E-state index contributed by atoms with van der Waals surface area (Å²) in [6.45, 7) is 4.28. The zero-order valence-electron chi connectivity index (χ0n) is 12.7. The van der Waals surface area contributed by atoms with Crippen LogP contribution in [0.15, 0.2) is 11.7 Å². The maximum Gasteiger partial charge on any atom is 0.135 e.